The average Bonchev–Trinajstić information content (AvgIpc) is 2.76. The Balaban J connectivity index is 1.96. The Morgan fingerprint density at radius 3 is 3.06 bits per heavy atom. The largest absolute Gasteiger partial charge is 0.310 e. The molecule has 0 aliphatic rings. The van der Waals surface area contributed by atoms with Gasteiger partial charge in [-0.15, -0.1) is 22.9 Å². The van der Waals surface area contributed by atoms with E-state index in [1.165, 1.54) is 11.3 Å². The number of alkyl halides is 1. The van der Waals surface area contributed by atoms with E-state index >= 15 is 0 Å². The Hall–Kier alpha value is -1.46. The maximum absolute atomic E-state index is 11.8. The monoisotopic (exact) mass is 281 g/mol. The highest BCUT2D eigenvalue weighted by Crippen LogP contribution is 2.13. The third kappa shape index (κ3) is 3.51. The second-order valence-electron chi connectivity index (χ2n) is 3.81. The zero-order valence-corrected chi connectivity index (χ0v) is 11.4. The van der Waals surface area contributed by atoms with Crippen LogP contribution in [0.1, 0.15) is 16.3 Å². The van der Waals surface area contributed by atoms with Gasteiger partial charge in [-0.25, -0.2) is 9.97 Å². The number of aromatic nitrogens is 2. The van der Waals surface area contributed by atoms with Gasteiger partial charge in [0, 0.05) is 11.6 Å². The minimum atomic E-state index is -0.122. The van der Waals surface area contributed by atoms with Gasteiger partial charge < -0.3 is 5.32 Å². The Bertz CT molecular complexity index is 556. The molecule has 94 valence electrons. The van der Waals surface area contributed by atoms with Gasteiger partial charge in [-0.2, -0.15) is 0 Å². The number of hydrogen-bond donors (Lipinski definition) is 1. The summed E-state index contributed by atoms with van der Waals surface area (Å²) in [4.78, 5) is 20.1. The molecule has 0 aromatic carbocycles. The third-order valence-electron chi connectivity index (χ3n) is 2.23. The lowest BCUT2D eigenvalue weighted by atomic mass is 10.3. The van der Waals surface area contributed by atoms with Crippen LogP contribution in [-0.4, -0.2) is 15.9 Å². The summed E-state index contributed by atoms with van der Waals surface area (Å²) >= 11 is 7.10. The van der Waals surface area contributed by atoms with Crippen LogP contribution < -0.4 is 5.32 Å². The van der Waals surface area contributed by atoms with Crippen molar-refractivity contribution in [3.8, 4) is 0 Å². The molecule has 0 aliphatic heterocycles. The molecule has 0 atom stereocenters. The van der Waals surface area contributed by atoms with Crippen LogP contribution in [0.15, 0.2) is 23.7 Å². The molecule has 0 unspecified atom stereocenters. The Morgan fingerprint density at radius 2 is 2.39 bits per heavy atom. The minimum absolute atomic E-state index is 0.122. The number of aryl methyl sites for hydroxylation is 1. The molecule has 6 heteroatoms. The number of pyridine rings is 1. The fraction of sp³-hybridized carbons (Fsp3) is 0.250. The Morgan fingerprint density at radius 1 is 1.56 bits per heavy atom. The van der Waals surface area contributed by atoms with Crippen molar-refractivity contribution in [3.63, 3.8) is 0 Å². The third-order valence-corrected chi connectivity index (χ3v) is 3.40. The molecule has 0 spiro atoms. The smallest absolute Gasteiger partial charge is 0.232 e. The molecule has 0 saturated heterocycles. The topological polar surface area (TPSA) is 54.9 Å². The summed E-state index contributed by atoms with van der Waals surface area (Å²) in [6.07, 6.45) is 1.91. The number of halogens is 1. The fourth-order valence-corrected chi connectivity index (χ4v) is 2.44. The zero-order valence-electron chi connectivity index (χ0n) is 9.81. The predicted octanol–water partition coefficient (Wildman–Crippen LogP) is 2.77. The summed E-state index contributed by atoms with van der Waals surface area (Å²) in [5.41, 5.74) is 1.86. The number of rotatable bonds is 4. The molecule has 0 aliphatic carbocycles. The van der Waals surface area contributed by atoms with Crippen LogP contribution in [0.4, 0.5) is 5.82 Å². The van der Waals surface area contributed by atoms with Gasteiger partial charge in [0.1, 0.15) is 10.8 Å². The molecule has 2 aromatic heterocycles. The van der Waals surface area contributed by atoms with Crippen molar-refractivity contribution >= 4 is 34.7 Å². The first kappa shape index (κ1) is 13.0. The Labute approximate surface area is 114 Å². The van der Waals surface area contributed by atoms with E-state index in [-0.39, 0.29) is 12.3 Å². The van der Waals surface area contributed by atoms with E-state index in [0.29, 0.717) is 11.7 Å². The highest BCUT2D eigenvalue weighted by atomic mass is 35.5. The summed E-state index contributed by atoms with van der Waals surface area (Å²) in [5, 5.41) is 5.36. The second kappa shape index (κ2) is 5.93. The zero-order chi connectivity index (χ0) is 13.0. The lowest BCUT2D eigenvalue weighted by molar-refractivity contribution is -0.115. The normalized spacial score (nSPS) is 10.3. The van der Waals surface area contributed by atoms with Gasteiger partial charge >= 0.3 is 0 Å². The van der Waals surface area contributed by atoms with Gasteiger partial charge in [0.2, 0.25) is 5.91 Å². The van der Waals surface area contributed by atoms with E-state index in [1.807, 2.05) is 24.4 Å². The lowest BCUT2D eigenvalue weighted by Gasteiger charge is -2.03. The minimum Gasteiger partial charge on any atom is -0.310 e. The molecule has 2 rings (SSSR count). The van der Waals surface area contributed by atoms with Gasteiger partial charge in [-0.1, -0.05) is 0 Å². The molecule has 1 N–H and O–H groups in total. The number of carbonyl (C=O) groups is 1. The second-order valence-corrected chi connectivity index (χ2v) is 5.02. The first-order valence-electron chi connectivity index (χ1n) is 5.39. The predicted molar refractivity (Wildman–Crippen MR) is 73.0 cm³/mol. The number of hydrogen-bond acceptors (Lipinski definition) is 4. The van der Waals surface area contributed by atoms with Crippen molar-refractivity contribution in [2.24, 2.45) is 0 Å². The van der Waals surface area contributed by atoms with Crippen LogP contribution in [-0.2, 0) is 17.1 Å². The molecule has 0 radical (unpaired) electrons. The van der Waals surface area contributed by atoms with Crippen LogP contribution in [0.25, 0.3) is 0 Å². The average molecular weight is 282 g/mol. The summed E-state index contributed by atoms with van der Waals surface area (Å²) in [5.74, 6) is 0.815. The molecule has 4 nitrogen and oxygen atoms in total. The number of thiazole rings is 1. The van der Waals surface area contributed by atoms with E-state index in [4.69, 9.17) is 11.6 Å². The maximum Gasteiger partial charge on any atom is 0.232 e. The molecule has 18 heavy (non-hydrogen) atoms. The first-order chi connectivity index (χ1) is 8.67. The Kier molecular flexibility index (Phi) is 4.28. The lowest BCUT2D eigenvalue weighted by Crippen LogP contribution is -2.15. The van der Waals surface area contributed by atoms with Crippen LogP contribution in [0.3, 0.4) is 0 Å². The van der Waals surface area contributed by atoms with Crippen molar-refractivity contribution in [2.75, 3.05) is 5.32 Å². The SMILES string of the molecule is Cc1ccnc(NC(=O)Cc2nc(CCl)cs2)c1. The summed E-state index contributed by atoms with van der Waals surface area (Å²) < 4.78 is 0. The quantitative estimate of drug-likeness (QED) is 0.877. The van der Waals surface area contributed by atoms with E-state index in [0.717, 1.165) is 16.3 Å². The number of amides is 1. The van der Waals surface area contributed by atoms with Crippen LogP contribution in [0.2, 0.25) is 0 Å². The maximum atomic E-state index is 11.8. The van der Waals surface area contributed by atoms with Gasteiger partial charge in [-0.05, 0) is 24.6 Å². The van der Waals surface area contributed by atoms with E-state index < -0.39 is 0 Å². The van der Waals surface area contributed by atoms with Gasteiger partial charge in [-0.3, -0.25) is 4.79 Å². The van der Waals surface area contributed by atoms with E-state index in [9.17, 15) is 4.79 Å². The molecule has 0 saturated carbocycles. The molecule has 2 heterocycles. The van der Waals surface area contributed by atoms with Crippen LogP contribution >= 0.6 is 22.9 Å². The first-order valence-corrected chi connectivity index (χ1v) is 6.80. The molecule has 0 fully saturated rings. The van der Waals surface area contributed by atoms with Crippen LogP contribution in [0.5, 0.6) is 0 Å². The summed E-state index contributed by atoms with van der Waals surface area (Å²) in [6, 6.07) is 3.70. The van der Waals surface area contributed by atoms with Crippen LogP contribution in [0, 0.1) is 6.92 Å². The molecule has 0 bridgehead atoms. The van der Waals surface area contributed by atoms with Gasteiger partial charge in [0.05, 0.1) is 18.0 Å². The van der Waals surface area contributed by atoms with Crippen molar-refractivity contribution < 1.29 is 4.79 Å². The van der Waals surface area contributed by atoms with Crippen molar-refractivity contribution in [1.82, 2.24) is 9.97 Å². The van der Waals surface area contributed by atoms with Crippen molar-refractivity contribution in [2.45, 2.75) is 19.2 Å². The number of anilines is 1. The van der Waals surface area contributed by atoms with E-state index in [2.05, 4.69) is 15.3 Å². The van der Waals surface area contributed by atoms with E-state index in [1.54, 1.807) is 6.20 Å². The molecular weight excluding hydrogens is 270 g/mol. The number of nitrogens with zero attached hydrogens (tertiary/aromatic N) is 2. The highest BCUT2D eigenvalue weighted by molar-refractivity contribution is 7.09. The summed E-state index contributed by atoms with van der Waals surface area (Å²) in [7, 11) is 0. The molecule has 1 amide bonds. The molecular formula is C12H12ClN3OS. The standard InChI is InChI=1S/C12H12ClN3OS/c1-8-2-3-14-10(4-8)16-11(17)5-12-15-9(6-13)7-18-12/h2-4,7H,5-6H2,1H3,(H,14,16,17). The van der Waals surface area contributed by atoms with Gasteiger partial charge in [0.15, 0.2) is 0 Å². The fourth-order valence-electron chi connectivity index (χ4n) is 1.42. The van der Waals surface area contributed by atoms with Crippen molar-refractivity contribution in [3.05, 3.63) is 40.0 Å². The highest BCUT2D eigenvalue weighted by Gasteiger charge is 2.08. The number of nitrogens with one attached hydrogen (secondary N) is 1. The van der Waals surface area contributed by atoms with Crippen molar-refractivity contribution in [1.29, 1.82) is 0 Å². The van der Waals surface area contributed by atoms with Gasteiger partial charge in [0.25, 0.3) is 0 Å². The summed E-state index contributed by atoms with van der Waals surface area (Å²) in [6.45, 7) is 1.95. The molecule has 2 aromatic rings. The number of carbonyl (C=O) groups excluding carboxylic acids is 1.